The number of hydrogen-bond donors (Lipinski definition) is 3. The monoisotopic (exact) mass is 246 g/mol. The van der Waals surface area contributed by atoms with E-state index in [0.717, 1.165) is 0 Å². The van der Waals surface area contributed by atoms with E-state index in [4.69, 9.17) is 21.4 Å². The number of aliphatic imine (C=N–C) groups is 1. The number of hydrogen-bond acceptors (Lipinski definition) is 4. The predicted octanol–water partition coefficient (Wildman–Crippen LogP) is 0.439. The highest BCUT2D eigenvalue weighted by molar-refractivity contribution is 6.14. The molecule has 0 aliphatic carbocycles. The zero-order valence-corrected chi connectivity index (χ0v) is 9.91. The van der Waals surface area contributed by atoms with Crippen LogP contribution < -0.4 is 16.4 Å². The summed E-state index contributed by atoms with van der Waals surface area (Å²) in [4.78, 5) is 5.16. The molecule has 0 fully saturated rings. The summed E-state index contributed by atoms with van der Waals surface area (Å²) in [6.07, 6.45) is 0. The fourth-order valence-corrected chi connectivity index (χ4v) is 1.06. The number of nitrogens with zero attached hydrogens (tertiary/aromatic N) is 3. The standard InChI is InChI=1S/C8H14N6O.ClH/c1-3-12-8(11)14(7(9)10)6-4-5(2)15-13-6;/h4H,3H2,1-2H3,(H3,9,10)(H2,11,12);1H. The van der Waals surface area contributed by atoms with Crippen LogP contribution in [0.1, 0.15) is 12.7 Å². The Balaban J connectivity index is 0.00000225. The molecule has 1 rings (SSSR count). The van der Waals surface area contributed by atoms with Gasteiger partial charge in [0.05, 0.1) is 0 Å². The van der Waals surface area contributed by atoms with Gasteiger partial charge in [-0.1, -0.05) is 5.16 Å². The van der Waals surface area contributed by atoms with Crippen molar-refractivity contribution < 1.29 is 4.52 Å². The van der Waals surface area contributed by atoms with Gasteiger partial charge in [0.2, 0.25) is 11.9 Å². The quantitative estimate of drug-likeness (QED) is 0.517. The molecule has 8 heteroatoms. The number of aromatic nitrogens is 1. The molecule has 0 atom stereocenters. The van der Waals surface area contributed by atoms with Crippen LogP contribution in [0, 0.1) is 12.3 Å². The maximum atomic E-state index is 7.37. The summed E-state index contributed by atoms with van der Waals surface area (Å²) >= 11 is 0. The Bertz CT molecular complexity index is 388. The topological polar surface area (TPSA) is 118 Å². The van der Waals surface area contributed by atoms with Gasteiger partial charge in [-0.3, -0.25) is 10.4 Å². The van der Waals surface area contributed by atoms with E-state index in [-0.39, 0.29) is 24.3 Å². The molecule has 0 aliphatic rings. The second kappa shape index (κ2) is 5.96. The average molecular weight is 247 g/mol. The Morgan fingerprint density at radius 3 is 2.62 bits per heavy atom. The lowest BCUT2D eigenvalue weighted by Crippen LogP contribution is -2.46. The molecule has 0 aliphatic heterocycles. The lowest BCUT2D eigenvalue weighted by Gasteiger charge is -2.17. The van der Waals surface area contributed by atoms with Crippen molar-refractivity contribution in [1.82, 2.24) is 5.16 Å². The normalized spacial score (nSPS) is 10.8. The fraction of sp³-hybridized carbons (Fsp3) is 0.375. The van der Waals surface area contributed by atoms with Gasteiger partial charge in [0.1, 0.15) is 5.76 Å². The SMILES string of the molecule is CCN=C(N)N(C(=N)N)c1cc(C)on1.Cl. The predicted molar refractivity (Wildman–Crippen MR) is 65.0 cm³/mol. The number of nitrogens with one attached hydrogen (secondary N) is 1. The Morgan fingerprint density at radius 2 is 2.25 bits per heavy atom. The molecule has 0 radical (unpaired) electrons. The minimum atomic E-state index is -0.252. The van der Waals surface area contributed by atoms with Crippen LogP contribution in [0.3, 0.4) is 0 Å². The highest BCUT2D eigenvalue weighted by Crippen LogP contribution is 2.12. The van der Waals surface area contributed by atoms with Gasteiger partial charge in [0, 0.05) is 12.6 Å². The van der Waals surface area contributed by atoms with Crippen LogP contribution in [0.2, 0.25) is 0 Å². The Morgan fingerprint density at radius 1 is 1.62 bits per heavy atom. The van der Waals surface area contributed by atoms with Crippen molar-refractivity contribution in [3.05, 3.63) is 11.8 Å². The van der Waals surface area contributed by atoms with Gasteiger partial charge in [-0.15, -0.1) is 12.4 Å². The molecule has 0 saturated carbocycles. The molecule has 0 bridgehead atoms. The van der Waals surface area contributed by atoms with Crippen LogP contribution in [-0.2, 0) is 0 Å². The minimum absolute atomic E-state index is 0. The van der Waals surface area contributed by atoms with Crippen molar-refractivity contribution in [1.29, 1.82) is 5.41 Å². The van der Waals surface area contributed by atoms with Gasteiger partial charge >= 0.3 is 0 Å². The fourth-order valence-electron chi connectivity index (χ4n) is 1.06. The van der Waals surface area contributed by atoms with Crippen LogP contribution >= 0.6 is 12.4 Å². The first kappa shape index (κ1) is 14.2. The molecule has 16 heavy (non-hydrogen) atoms. The van der Waals surface area contributed by atoms with E-state index in [0.29, 0.717) is 18.1 Å². The molecule has 0 saturated heterocycles. The third kappa shape index (κ3) is 3.13. The van der Waals surface area contributed by atoms with E-state index in [1.807, 2.05) is 6.92 Å². The summed E-state index contributed by atoms with van der Waals surface area (Å²) in [5, 5.41) is 11.1. The van der Waals surface area contributed by atoms with Crippen molar-refractivity contribution in [2.24, 2.45) is 16.5 Å². The second-order valence-corrected chi connectivity index (χ2v) is 2.85. The lowest BCUT2D eigenvalue weighted by molar-refractivity contribution is 0.399. The van der Waals surface area contributed by atoms with Gasteiger partial charge in [-0.2, -0.15) is 0 Å². The molecule has 0 spiro atoms. The molecule has 7 nitrogen and oxygen atoms in total. The summed E-state index contributed by atoms with van der Waals surface area (Å²) in [5.74, 6) is 0.839. The summed E-state index contributed by atoms with van der Waals surface area (Å²) in [5.41, 5.74) is 11.0. The summed E-state index contributed by atoms with van der Waals surface area (Å²) in [6.45, 7) is 4.08. The van der Waals surface area contributed by atoms with Crippen LogP contribution in [0.4, 0.5) is 5.82 Å². The maximum Gasteiger partial charge on any atom is 0.204 e. The third-order valence-electron chi connectivity index (χ3n) is 1.63. The zero-order chi connectivity index (χ0) is 11.4. The third-order valence-corrected chi connectivity index (χ3v) is 1.63. The van der Waals surface area contributed by atoms with E-state index < -0.39 is 0 Å². The van der Waals surface area contributed by atoms with Crippen molar-refractivity contribution in [2.45, 2.75) is 13.8 Å². The highest BCUT2D eigenvalue weighted by atomic mass is 35.5. The first-order valence-corrected chi connectivity index (χ1v) is 4.43. The number of aryl methyl sites for hydroxylation is 1. The maximum absolute atomic E-state index is 7.37. The van der Waals surface area contributed by atoms with E-state index in [2.05, 4.69) is 10.1 Å². The largest absolute Gasteiger partial charge is 0.369 e. The van der Waals surface area contributed by atoms with Crippen LogP contribution in [-0.4, -0.2) is 23.6 Å². The molecule has 5 N–H and O–H groups in total. The molecule has 0 unspecified atom stereocenters. The lowest BCUT2D eigenvalue weighted by atomic mass is 10.4. The minimum Gasteiger partial charge on any atom is -0.369 e. The van der Waals surface area contributed by atoms with E-state index >= 15 is 0 Å². The van der Waals surface area contributed by atoms with Crippen molar-refractivity contribution in [3.8, 4) is 0 Å². The smallest absolute Gasteiger partial charge is 0.204 e. The van der Waals surface area contributed by atoms with Gasteiger partial charge < -0.3 is 16.0 Å². The number of halogens is 1. The van der Waals surface area contributed by atoms with E-state index in [9.17, 15) is 0 Å². The number of anilines is 1. The molecule has 0 amide bonds. The Labute approximate surface area is 99.4 Å². The molecular formula is C8H15ClN6O. The van der Waals surface area contributed by atoms with Gasteiger partial charge in [0.15, 0.2) is 5.82 Å². The molecule has 90 valence electrons. The summed E-state index contributed by atoms with van der Waals surface area (Å²) in [7, 11) is 0. The first-order chi connectivity index (χ1) is 7.06. The Kier molecular flexibility index (Phi) is 5.31. The first-order valence-electron chi connectivity index (χ1n) is 4.43. The van der Waals surface area contributed by atoms with Crippen LogP contribution in [0.25, 0.3) is 0 Å². The van der Waals surface area contributed by atoms with Crippen molar-refractivity contribution in [2.75, 3.05) is 11.4 Å². The van der Waals surface area contributed by atoms with Gasteiger partial charge in [-0.05, 0) is 13.8 Å². The van der Waals surface area contributed by atoms with E-state index in [1.165, 1.54) is 4.90 Å². The van der Waals surface area contributed by atoms with Crippen LogP contribution in [0.15, 0.2) is 15.6 Å². The summed E-state index contributed by atoms with van der Waals surface area (Å²) < 4.78 is 4.87. The number of rotatable bonds is 2. The molecule has 1 aromatic rings. The number of nitrogens with two attached hydrogens (primary N) is 2. The summed E-state index contributed by atoms with van der Waals surface area (Å²) in [6, 6.07) is 1.62. The van der Waals surface area contributed by atoms with E-state index in [1.54, 1.807) is 13.0 Å². The van der Waals surface area contributed by atoms with Crippen LogP contribution in [0.5, 0.6) is 0 Å². The average Bonchev–Trinajstić information content (AvgIpc) is 2.51. The Hall–Kier alpha value is -1.76. The molecular weight excluding hydrogens is 232 g/mol. The molecule has 1 aromatic heterocycles. The second-order valence-electron chi connectivity index (χ2n) is 2.85. The van der Waals surface area contributed by atoms with Crippen molar-refractivity contribution in [3.63, 3.8) is 0 Å². The molecule has 0 aromatic carbocycles. The van der Waals surface area contributed by atoms with Gasteiger partial charge in [-0.25, -0.2) is 4.90 Å². The number of guanidine groups is 2. The van der Waals surface area contributed by atoms with Crippen molar-refractivity contribution >= 4 is 30.1 Å². The zero-order valence-electron chi connectivity index (χ0n) is 9.10. The molecule has 1 heterocycles. The highest BCUT2D eigenvalue weighted by Gasteiger charge is 2.17. The van der Waals surface area contributed by atoms with Gasteiger partial charge in [0.25, 0.3) is 0 Å².